The molecular weight excluding hydrogens is 264 g/mol. The van der Waals surface area contributed by atoms with Gasteiger partial charge in [0.15, 0.2) is 0 Å². The third-order valence-corrected chi connectivity index (χ3v) is 3.91. The van der Waals surface area contributed by atoms with Crippen molar-refractivity contribution in [3.63, 3.8) is 0 Å². The number of carbonyl (C=O) groups is 1. The Morgan fingerprint density at radius 1 is 1.48 bits per heavy atom. The molecule has 1 aromatic heterocycles. The number of fused-ring (bicyclic) bond motifs is 1. The van der Waals surface area contributed by atoms with E-state index in [0.29, 0.717) is 6.54 Å². The highest BCUT2D eigenvalue weighted by Crippen LogP contribution is 2.28. The van der Waals surface area contributed by atoms with Crippen molar-refractivity contribution in [2.24, 2.45) is 5.92 Å². The number of nitrogens with one attached hydrogen (secondary N) is 1. The molecule has 0 bridgehead atoms. The van der Waals surface area contributed by atoms with Crippen LogP contribution in [0.4, 0.5) is 5.69 Å². The third-order valence-electron chi connectivity index (χ3n) is 3.91. The van der Waals surface area contributed by atoms with Gasteiger partial charge in [0.25, 0.3) is 0 Å². The fraction of sp³-hybridized carbons (Fsp3) is 0.500. The van der Waals surface area contributed by atoms with Gasteiger partial charge in [-0.1, -0.05) is 6.92 Å². The number of aryl methyl sites for hydroxylation is 1. The summed E-state index contributed by atoms with van der Waals surface area (Å²) < 4.78 is 2.20. The molecule has 0 unspecified atom stereocenters. The van der Waals surface area contributed by atoms with Gasteiger partial charge in [-0.15, -0.1) is 0 Å². The van der Waals surface area contributed by atoms with E-state index in [-0.39, 0.29) is 11.8 Å². The molecule has 0 saturated heterocycles. The smallest absolute Gasteiger partial charge is 0.223 e. The van der Waals surface area contributed by atoms with Crippen LogP contribution in [0, 0.1) is 5.92 Å². The van der Waals surface area contributed by atoms with Gasteiger partial charge in [-0.25, -0.2) is 4.98 Å². The van der Waals surface area contributed by atoms with Crippen LogP contribution in [0.1, 0.15) is 32.0 Å². The zero-order valence-corrected chi connectivity index (χ0v) is 12.4. The summed E-state index contributed by atoms with van der Waals surface area (Å²) >= 11 is 0. The highest BCUT2D eigenvalue weighted by atomic mass is 16.2. The maximum atomic E-state index is 11.7. The molecule has 5 heteroatoms. The number of nitrogens with zero attached hydrogens (tertiary/aromatic N) is 2. The number of hydrogen-bond acceptors (Lipinski definition) is 3. The molecule has 21 heavy (non-hydrogen) atoms. The van der Waals surface area contributed by atoms with E-state index >= 15 is 0 Å². The Hall–Kier alpha value is -2.04. The third kappa shape index (κ3) is 3.01. The molecule has 5 nitrogen and oxygen atoms in total. The van der Waals surface area contributed by atoms with Gasteiger partial charge < -0.3 is 15.6 Å². The lowest BCUT2D eigenvalue weighted by Gasteiger charge is -2.10. The molecule has 112 valence electrons. The van der Waals surface area contributed by atoms with Crippen molar-refractivity contribution in [2.45, 2.75) is 39.2 Å². The average Bonchev–Trinajstić information content (AvgIpc) is 3.24. The molecule has 3 rings (SSSR count). The van der Waals surface area contributed by atoms with Gasteiger partial charge in [0, 0.05) is 31.1 Å². The summed E-state index contributed by atoms with van der Waals surface area (Å²) in [6.45, 7) is 3.56. The van der Waals surface area contributed by atoms with Gasteiger partial charge in [-0.2, -0.15) is 0 Å². The fourth-order valence-corrected chi connectivity index (χ4v) is 2.64. The summed E-state index contributed by atoms with van der Waals surface area (Å²) in [5, 5.41) is 3.02. The first-order chi connectivity index (χ1) is 10.2. The van der Waals surface area contributed by atoms with E-state index in [9.17, 15) is 4.79 Å². The van der Waals surface area contributed by atoms with Crippen molar-refractivity contribution in [3.8, 4) is 0 Å². The minimum atomic E-state index is 0.195. The number of anilines is 1. The number of carbonyl (C=O) groups excluding carboxylic acids is 1. The molecule has 3 N–H and O–H groups in total. The second kappa shape index (κ2) is 5.76. The Morgan fingerprint density at radius 2 is 2.29 bits per heavy atom. The van der Waals surface area contributed by atoms with E-state index in [4.69, 9.17) is 5.73 Å². The summed E-state index contributed by atoms with van der Waals surface area (Å²) in [6.07, 6.45) is 4.07. The molecule has 0 radical (unpaired) electrons. The van der Waals surface area contributed by atoms with Crippen LogP contribution in [0.25, 0.3) is 11.0 Å². The summed E-state index contributed by atoms with van der Waals surface area (Å²) in [4.78, 5) is 16.4. The van der Waals surface area contributed by atoms with Crippen molar-refractivity contribution in [1.82, 2.24) is 14.9 Å². The zero-order valence-electron chi connectivity index (χ0n) is 12.4. The van der Waals surface area contributed by atoms with Crippen LogP contribution in [-0.4, -0.2) is 22.0 Å². The number of hydrogen-bond donors (Lipinski definition) is 2. The van der Waals surface area contributed by atoms with Gasteiger partial charge in [0.05, 0.1) is 11.0 Å². The molecule has 1 heterocycles. The number of nitrogen functional groups attached to an aromatic ring is 1. The van der Waals surface area contributed by atoms with Crippen LogP contribution in [0.15, 0.2) is 18.2 Å². The molecule has 1 amide bonds. The number of benzene rings is 1. The van der Waals surface area contributed by atoms with Gasteiger partial charge in [0.2, 0.25) is 5.91 Å². The van der Waals surface area contributed by atoms with Gasteiger partial charge >= 0.3 is 0 Å². The Kier molecular flexibility index (Phi) is 3.82. The van der Waals surface area contributed by atoms with E-state index < -0.39 is 0 Å². The molecule has 1 fully saturated rings. The maximum absolute atomic E-state index is 11.7. The quantitative estimate of drug-likeness (QED) is 0.799. The lowest BCUT2D eigenvalue weighted by atomic mass is 10.3. The molecule has 1 aromatic carbocycles. The first-order valence-electron chi connectivity index (χ1n) is 7.71. The van der Waals surface area contributed by atoms with Crippen LogP contribution in [-0.2, 0) is 17.8 Å². The minimum Gasteiger partial charge on any atom is -0.399 e. The molecule has 1 aliphatic carbocycles. The number of nitrogens with two attached hydrogens (primary N) is 1. The number of amides is 1. The van der Waals surface area contributed by atoms with Gasteiger partial charge in [0.1, 0.15) is 5.82 Å². The zero-order chi connectivity index (χ0) is 14.8. The Balaban J connectivity index is 1.77. The van der Waals surface area contributed by atoms with Crippen LogP contribution >= 0.6 is 0 Å². The Bertz CT molecular complexity index is 658. The van der Waals surface area contributed by atoms with Gasteiger partial charge in [-0.3, -0.25) is 4.79 Å². The monoisotopic (exact) mass is 286 g/mol. The minimum absolute atomic E-state index is 0.195. The van der Waals surface area contributed by atoms with Crippen molar-refractivity contribution >= 4 is 22.6 Å². The van der Waals surface area contributed by atoms with Crippen molar-refractivity contribution in [3.05, 3.63) is 24.0 Å². The topological polar surface area (TPSA) is 72.9 Å². The first-order valence-corrected chi connectivity index (χ1v) is 7.71. The Morgan fingerprint density at radius 3 is 3.00 bits per heavy atom. The molecule has 1 saturated carbocycles. The lowest BCUT2D eigenvalue weighted by Crippen LogP contribution is -2.28. The molecule has 0 atom stereocenters. The summed E-state index contributed by atoms with van der Waals surface area (Å²) in [5.74, 6) is 1.53. The molecule has 0 spiro atoms. The number of aromatic nitrogens is 2. The second-order valence-corrected chi connectivity index (χ2v) is 5.74. The van der Waals surface area contributed by atoms with E-state index in [2.05, 4.69) is 21.8 Å². The standard InChI is InChI=1S/C16H22N4O/c1-2-3-15-19-13-10-12(17)6-7-14(13)20(15)9-8-18-16(21)11-4-5-11/h6-7,10-11H,2-5,8-9,17H2,1H3,(H,18,21). The largest absolute Gasteiger partial charge is 0.399 e. The molecule has 1 aliphatic rings. The maximum Gasteiger partial charge on any atom is 0.223 e. The van der Waals surface area contributed by atoms with Crippen LogP contribution < -0.4 is 11.1 Å². The summed E-state index contributed by atoms with van der Waals surface area (Å²) in [7, 11) is 0. The van der Waals surface area contributed by atoms with Crippen molar-refractivity contribution in [1.29, 1.82) is 0 Å². The normalized spacial score (nSPS) is 14.5. The predicted octanol–water partition coefficient (Wildman–Crippen LogP) is 2.10. The SMILES string of the molecule is CCCc1nc2cc(N)ccc2n1CCNC(=O)C1CC1. The van der Waals surface area contributed by atoms with Crippen LogP contribution in [0.2, 0.25) is 0 Å². The second-order valence-electron chi connectivity index (χ2n) is 5.74. The number of rotatable bonds is 6. The van der Waals surface area contributed by atoms with E-state index in [1.807, 2.05) is 18.2 Å². The van der Waals surface area contributed by atoms with Crippen molar-refractivity contribution < 1.29 is 4.79 Å². The fourth-order valence-electron chi connectivity index (χ4n) is 2.64. The highest BCUT2D eigenvalue weighted by Gasteiger charge is 2.29. The van der Waals surface area contributed by atoms with Crippen LogP contribution in [0.5, 0.6) is 0 Å². The van der Waals surface area contributed by atoms with E-state index in [1.165, 1.54) is 0 Å². The summed E-state index contributed by atoms with van der Waals surface area (Å²) in [5.41, 5.74) is 8.59. The first kappa shape index (κ1) is 13.9. The average molecular weight is 286 g/mol. The Labute approximate surface area is 124 Å². The van der Waals surface area contributed by atoms with Gasteiger partial charge in [-0.05, 0) is 37.5 Å². The number of imidazole rings is 1. The van der Waals surface area contributed by atoms with E-state index in [1.54, 1.807) is 0 Å². The highest BCUT2D eigenvalue weighted by molar-refractivity contribution is 5.81. The van der Waals surface area contributed by atoms with E-state index in [0.717, 1.165) is 54.8 Å². The molecule has 2 aromatic rings. The van der Waals surface area contributed by atoms with Crippen LogP contribution in [0.3, 0.4) is 0 Å². The van der Waals surface area contributed by atoms with Crippen molar-refractivity contribution in [2.75, 3.05) is 12.3 Å². The predicted molar refractivity (Wildman–Crippen MR) is 83.9 cm³/mol. The summed E-state index contributed by atoms with van der Waals surface area (Å²) in [6, 6.07) is 5.83. The lowest BCUT2D eigenvalue weighted by molar-refractivity contribution is -0.122. The molecular formula is C16H22N4O. The molecule has 0 aliphatic heterocycles.